The Balaban J connectivity index is 5.24. The number of carbonyl (C=O) groups excluding carboxylic acids is 4. The first kappa shape index (κ1) is 102. The van der Waals surface area contributed by atoms with Crippen molar-refractivity contribution in [2.45, 2.75) is 471 Å². The largest absolute Gasteiger partial charge is 0.472 e. The molecule has 0 radical (unpaired) electrons. The Kier molecular flexibility index (Phi) is 75.0. The quantitative estimate of drug-likeness (QED) is 0.0222. The Morgan fingerprint density at radius 3 is 0.731 bits per heavy atom. The van der Waals surface area contributed by atoms with Crippen LogP contribution in [-0.4, -0.2) is 96.7 Å². The van der Waals surface area contributed by atoms with Gasteiger partial charge in [0, 0.05) is 25.7 Å². The lowest BCUT2D eigenvalue weighted by atomic mass is 9.99. The van der Waals surface area contributed by atoms with Crippen LogP contribution in [0.4, 0.5) is 0 Å². The van der Waals surface area contributed by atoms with Gasteiger partial charge in [0.2, 0.25) is 0 Å². The summed E-state index contributed by atoms with van der Waals surface area (Å²) < 4.78 is 68.9. The number of aliphatic hydroxyl groups excluding tert-OH is 1. The molecule has 104 heavy (non-hydrogen) atoms. The van der Waals surface area contributed by atoms with E-state index in [4.69, 9.17) is 37.0 Å². The third-order valence-corrected chi connectivity index (χ3v) is 22.2. The van der Waals surface area contributed by atoms with Gasteiger partial charge in [-0.25, -0.2) is 9.13 Å². The zero-order valence-electron chi connectivity index (χ0n) is 68.3. The summed E-state index contributed by atoms with van der Waals surface area (Å²) in [5, 5.41) is 10.7. The topological polar surface area (TPSA) is 237 Å². The predicted octanol–water partition coefficient (Wildman–Crippen LogP) is 25.8. The van der Waals surface area contributed by atoms with E-state index in [1.165, 1.54) is 270 Å². The summed E-state index contributed by atoms with van der Waals surface area (Å²) >= 11 is 0. The molecule has 17 nitrogen and oxygen atoms in total. The minimum absolute atomic E-state index is 0.109. The molecule has 0 aliphatic heterocycles. The number of esters is 4. The molecule has 0 aromatic rings. The van der Waals surface area contributed by atoms with E-state index in [-0.39, 0.29) is 25.7 Å². The molecule has 3 N–H and O–H groups in total. The molecule has 0 saturated carbocycles. The molecule has 0 bridgehead atoms. The van der Waals surface area contributed by atoms with Crippen LogP contribution in [0.1, 0.15) is 452 Å². The van der Waals surface area contributed by atoms with E-state index in [0.29, 0.717) is 25.7 Å². The predicted molar refractivity (Wildman–Crippen MR) is 428 cm³/mol. The van der Waals surface area contributed by atoms with Crippen LogP contribution in [-0.2, 0) is 65.4 Å². The molecule has 0 aliphatic carbocycles. The monoisotopic (exact) mass is 1520 g/mol. The molecule has 0 amide bonds. The first-order chi connectivity index (χ1) is 50.4. The van der Waals surface area contributed by atoms with Gasteiger partial charge in [0.15, 0.2) is 12.2 Å². The lowest BCUT2D eigenvalue weighted by Crippen LogP contribution is -2.30. The van der Waals surface area contributed by atoms with Crippen molar-refractivity contribution in [3.63, 3.8) is 0 Å². The molecule has 0 spiro atoms. The second-order valence-corrected chi connectivity index (χ2v) is 34.2. The van der Waals surface area contributed by atoms with Gasteiger partial charge in [-0.2, -0.15) is 0 Å². The van der Waals surface area contributed by atoms with Crippen LogP contribution in [0.25, 0.3) is 0 Å². The van der Waals surface area contributed by atoms with E-state index in [0.717, 1.165) is 102 Å². The summed E-state index contributed by atoms with van der Waals surface area (Å²) in [5.41, 5.74) is 0. The Hall–Kier alpha value is -1.94. The molecule has 6 atom stereocenters. The highest BCUT2D eigenvalue weighted by Gasteiger charge is 2.30. The zero-order chi connectivity index (χ0) is 76.4. The summed E-state index contributed by atoms with van der Waals surface area (Å²) in [6, 6.07) is 0. The lowest BCUT2D eigenvalue weighted by Gasteiger charge is -2.21. The maximum Gasteiger partial charge on any atom is 0.472 e. The highest BCUT2D eigenvalue weighted by Crippen LogP contribution is 2.45. The Morgan fingerprint density at radius 2 is 0.490 bits per heavy atom. The fourth-order valence-corrected chi connectivity index (χ4v) is 14.8. The molecule has 0 fully saturated rings. The molecule has 0 aliphatic rings. The third kappa shape index (κ3) is 76.8. The van der Waals surface area contributed by atoms with Gasteiger partial charge in [-0.15, -0.1) is 0 Å². The summed E-state index contributed by atoms with van der Waals surface area (Å²) in [4.78, 5) is 73.2. The average Bonchev–Trinajstić information content (AvgIpc) is 0.910. The van der Waals surface area contributed by atoms with E-state index in [2.05, 4.69) is 41.5 Å². The van der Waals surface area contributed by atoms with Crippen LogP contribution >= 0.6 is 15.6 Å². The second kappa shape index (κ2) is 76.4. The van der Waals surface area contributed by atoms with Crippen LogP contribution in [0, 0.1) is 11.8 Å². The van der Waals surface area contributed by atoms with Crippen molar-refractivity contribution in [3.8, 4) is 0 Å². The molecule has 0 saturated heterocycles. The van der Waals surface area contributed by atoms with Crippen LogP contribution in [0.5, 0.6) is 0 Å². The van der Waals surface area contributed by atoms with Crippen molar-refractivity contribution in [1.82, 2.24) is 0 Å². The molecule has 0 aromatic heterocycles. The standard InChI is InChI=1S/C85H166O17P2/c1-7-10-12-14-16-18-20-21-22-23-27-34-39-45-51-57-63-69-84(89)101-80(73-95-82(87)67-61-55-49-43-19-17-15-13-11-8-2)75-99-103(91,92)97-71-79(86)72-98-104(93,94)100-76-81(74-96-83(88)68-62-56-50-44-38-33-30-29-32-37-42-48-54-60-66-78(6)9-3)102-85(90)70-64-58-52-46-40-35-28-25-24-26-31-36-41-47-53-59-65-77(4)5/h77-81,86H,7-76H2,1-6H3,(H,91,92)(H,93,94)/t78?,79-,80+,81+/m0/s1. The average molecular weight is 1520 g/mol. The van der Waals surface area contributed by atoms with Crippen molar-refractivity contribution in [2.75, 3.05) is 39.6 Å². The van der Waals surface area contributed by atoms with E-state index in [1.807, 2.05) is 0 Å². The molecule has 19 heteroatoms. The van der Waals surface area contributed by atoms with Gasteiger partial charge in [-0.3, -0.25) is 37.3 Å². The molecular weight excluding hydrogens is 1350 g/mol. The van der Waals surface area contributed by atoms with Crippen molar-refractivity contribution in [2.24, 2.45) is 11.8 Å². The van der Waals surface area contributed by atoms with E-state index >= 15 is 0 Å². The van der Waals surface area contributed by atoms with E-state index in [9.17, 15) is 43.2 Å². The Bertz CT molecular complexity index is 2000. The maximum absolute atomic E-state index is 13.1. The number of unbranched alkanes of at least 4 members (excludes halogenated alkanes) is 53. The lowest BCUT2D eigenvalue weighted by molar-refractivity contribution is -0.161. The van der Waals surface area contributed by atoms with Crippen molar-refractivity contribution in [3.05, 3.63) is 0 Å². The van der Waals surface area contributed by atoms with Gasteiger partial charge in [-0.1, -0.05) is 401 Å². The van der Waals surface area contributed by atoms with E-state index < -0.39 is 97.5 Å². The zero-order valence-corrected chi connectivity index (χ0v) is 70.1. The minimum Gasteiger partial charge on any atom is -0.462 e. The van der Waals surface area contributed by atoms with Gasteiger partial charge in [-0.05, 0) is 37.5 Å². The highest BCUT2D eigenvalue weighted by molar-refractivity contribution is 7.47. The fourth-order valence-electron chi connectivity index (χ4n) is 13.2. The summed E-state index contributed by atoms with van der Waals surface area (Å²) in [6.45, 7) is 9.75. The van der Waals surface area contributed by atoms with Crippen molar-refractivity contribution < 1.29 is 80.2 Å². The molecular formula is C85H166O17P2. The third-order valence-electron chi connectivity index (χ3n) is 20.3. The summed E-state index contributed by atoms with van der Waals surface area (Å²) in [7, 11) is -9.93. The first-order valence-electron chi connectivity index (χ1n) is 44.0. The molecule has 618 valence electrons. The van der Waals surface area contributed by atoms with Crippen molar-refractivity contribution in [1.29, 1.82) is 0 Å². The first-order valence-corrected chi connectivity index (χ1v) is 47.0. The van der Waals surface area contributed by atoms with Gasteiger partial charge >= 0.3 is 39.5 Å². The van der Waals surface area contributed by atoms with Crippen LogP contribution in [0.3, 0.4) is 0 Å². The number of ether oxygens (including phenoxy) is 4. The number of phosphoric acid groups is 2. The van der Waals surface area contributed by atoms with Gasteiger partial charge in [0.25, 0.3) is 0 Å². The number of hydrogen-bond donors (Lipinski definition) is 3. The molecule has 0 aromatic carbocycles. The van der Waals surface area contributed by atoms with Gasteiger partial charge < -0.3 is 33.8 Å². The number of hydrogen-bond acceptors (Lipinski definition) is 15. The smallest absolute Gasteiger partial charge is 0.462 e. The van der Waals surface area contributed by atoms with Crippen LogP contribution < -0.4 is 0 Å². The normalized spacial score (nSPS) is 14.1. The number of carbonyl (C=O) groups is 4. The molecule has 0 heterocycles. The van der Waals surface area contributed by atoms with Crippen LogP contribution in [0.2, 0.25) is 0 Å². The van der Waals surface area contributed by atoms with E-state index in [1.54, 1.807) is 0 Å². The second-order valence-electron chi connectivity index (χ2n) is 31.3. The van der Waals surface area contributed by atoms with Gasteiger partial charge in [0.1, 0.15) is 19.3 Å². The Labute approximate surface area is 638 Å². The minimum atomic E-state index is -4.96. The highest BCUT2D eigenvalue weighted by atomic mass is 31.2. The van der Waals surface area contributed by atoms with Crippen molar-refractivity contribution >= 4 is 39.5 Å². The number of aliphatic hydroxyl groups is 1. The number of phosphoric ester groups is 2. The fraction of sp³-hybridized carbons (Fsp3) is 0.953. The maximum atomic E-state index is 13.1. The SMILES string of the molecule is CCCCCCCCCCCCCCCCCCCC(=O)O[C@H](COC(=O)CCCCCCCCCCCC)COP(=O)(O)OC[C@H](O)COP(=O)(O)OC[C@@H](COC(=O)CCCCCCCCCCCCCCCCC(C)CC)OC(=O)CCCCCCCCCCCCCCCCCCC(C)C. The van der Waals surface area contributed by atoms with Crippen LogP contribution in [0.15, 0.2) is 0 Å². The Morgan fingerprint density at radius 1 is 0.279 bits per heavy atom. The van der Waals surface area contributed by atoms with Gasteiger partial charge in [0.05, 0.1) is 26.4 Å². The molecule has 0 rings (SSSR count). The molecule has 3 unspecified atom stereocenters. The summed E-state index contributed by atoms with van der Waals surface area (Å²) in [5.74, 6) is -0.443. The summed E-state index contributed by atoms with van der Waals surface area (Å²) in [6.07, 6.45) is 67.9. The number of rotatable bonds is 84.